The van der Waals surface area contributed by atoms with E-state index in [2.05, 4.69) is 26.9 Å². The maximum absolute atomic E-state index is 5.95. The summed E-state index contributed by atoms with van der Waals surface area (Å²) >= 11 is 0. The zero-order valence-corrected chi connectivity index (χ0v) is 12.8. The molecule has 0 amide bonds. The van der Waals surface area contributed by atoms with Gasteiger partial charge >= 0.3 is 0 Å². The molecule has 1 unspecified atom stereocenters. The van der Waals surface area contributed by atoms with Crippen LogP contribution in [0.1, 0.15) is 71.6 Å². The van der Waals surface area contributed by atoms with Crippen LogP contribution in [0.5, 0.6) is 0 Å². The second kappa shape index (κ2) is 11.7. The van der Waals surface area contributed by atoms with Gasteiger partial charge in [0.1, 0.15) is 0 Å². The molecule has 0 N–H and O–H groups in total. The van der Waals surface area contributed by atoms with Gasteiger partial charge in [-0.1, -0.05) is 58.8 Å². The summed E-state index contributed by atoms with van der Waals surface area (Å²) < 4.78 is 5.95. The summed E-state index contributed by atoms with van der Waals surface area (Å²) in [5.74, 6) is 0. The molecule has 0 saturated carbocycles. The number of unbranched alkanes of at least 4 members (excludes halogenated alkanes) is 6. The van der Waals surface area contributed by atoms with Gasteiger partial charge in [-0.2, -0.15) is 0 Å². The lowest BCUT2D eigenvalue weighted by Gasteiger charge is -2.18. The first-order valence-corrected chi connectivity index (χ1v) is 9.58. The highest BCUT2D eigenvalue weighted by atomic mass is 28.3. The third kappa shape index (κ3) is 10.7. The normalized spacial score (nSPS) is 13.3. The van der Waals surface area contributed by atoms with Crippen LogP contribution >= 0.6 is 0 Å². The molecule has 2 heteroatoms. The molecule has 16 heavy (non-hydrogen) atoms. The molecule has 1 radical (unpaired) electrons. The molecule has 0 aromatic rings. The third-order valence-electron chi connectivity index (χ3n) is 2.99. The van der Waals surface area contributed by atoms with Crippen LogP contribution in [0, 0.1) is 0 Å². The quantitative estimate of drug-likeness (QED) is 0.359. The van der Waals surface area contributed by atoms with Gasteiger partial charge in [-0.15, -0.1) is 0 Å². The monoisotopic (exact) mass is 243 g/mol. The second-order valence-electron chi connectivity index (χ2n) is 4.97. The van der Waals surface area contributed by atoms with E-state index in [1.807, 2.05) is 0 Å². The number of hydrogen-bond acceptors (Lipinski definition) is 1. The molecular weight excluding hydrogens is 212 g/mol. The van der Waals surface area contributed by atoms with Crippen molar-refractivity contribution in [2.24, 2.45) is 0 Å². The van der Waals surface area contributed by atoms with E-state index in [9.17, 15) is 0 Å². The van der Waals surface area contributed by atoms with E-state index in [-0.39, 0.29) is 0 Å². The van der Waals surface area contributed by atoms with Gasteiger partial charge in [0.05, 0.1) is 0 Å². The Labute approximate surface area is 105 Å². The average Bonchev–Trinajstić information content (AvgIpc) is 2.25. The lowest BCUT2D eigenvalue weighted by Crippen LogP contribution is -2.19. The highest BCUT2D eigenvalue weighted by molar-refractivity contribution is 6.48. The zero-order chi connectivity index (χ0) is 12.2. The molecule has 0 saturated heterocycles. The van der Waals surface area contributed by atoms with E-state index in [0.29, 0.717) is 6.10 Å². The minimum Gasteiger partial charge on any atom is -0.414 e. The molecule has 0 spiro atoms. The fourth-order valence-corrected chi connectivity index (χ4v) is 2.96. The molecule has 0 bridgehead atoms. The van der Waals surface area contributed by atoms with Crippen LogP contribution in [-0.2, 0) is 4.43 Å². The molecule has 0 aromatic carbocycles. The average molecular weight is 243 g/mol. The van der Waals surface area contributed by atoms with Crippen molar-refractivity contribution in [3.63, 3.8) is 0 Å². The van der Waals surface area contributed by atoms with E-state index in [1.165, 1.54) is 57.8 Å². The summed E-state index contributed by atoms with van der Waals surface area (Å²) in [6.07, 6.45) is 12.8. The zero-order valence-electron chi connectivity index (χ0n) is 11.8. The minimum atomic E-state index is -0.499. The Morgan fingerprint density at radius 1 is 0.875 bits per heavy atom. The second-order valence-corrected chi connectivity index (χ2v) is 7.02. The molecule has 1 nitrogen and oxygen atoms in total. The van der Waals surface area contributed by atoms with Gasteiger partial charge in [0.25, 0.3) is 0 Å². The van der Waals surface area contributed by atoms with Crippen molar-refractivity contribution in [2.75, 3.05) is 0 Å². The Kier molecular flexibility index (Phi) is 11.8. The molecule has 1 atom stereocenters. The van der Waals surface area contributed by atoms with Crippen LogP contribution in [0.25, 0.3) is 0 Å². The van der Waals surface area contributed by atoms with Gasteiger partial charge in [0.2, 0.25) is 9.04 Å². The number of hydrogen-bond donors (Lipinski definition) is 0. The lowest BCUT2D eigenvalue weighted by atomic mass is 10.1. The smallest absolute Gasteiger partial charge is 0.205 e. The summed E-state index contributed by atoms with van der Waals surface area (Å²) in [6, 6.07) is 0. The first-order valence-electron chi connectivity index (χ1n) is 7.17. The van der Waals surface area contributed by atoms with Crippen LogP contribution in [0.4, 0.5) is 0 Å². The predicted octanol–water partition coefficient (Wildman–Crippen LogP) is 5.17. The van der Waals surface area contributed by atoms with Crippen molar-refractivity contribution in [1.82, 2.24) is 0 Å². The summed E-state index contributed by atoms with van der Waals surface area (Å²) in [4.78, 5) is 0. The summed E-state index contributed by atoms with van der Waals surface area (Å²) in [5.41, 5.74) is 0. The highest BCUT2D eigenvalue weighted by Gasteiger charge is 2.08. The minimum absolute atomic E-state index is 0.499. The predicted molar refractivity (Wildman–Crippen MR) is 75.3 cm³/mol. The molecule has 0 aromatic heterocycles. The van der Waals surface area contributed by atoms with Crippen molar-refractivity contribution in [3.05, 3.63) is 0 Å². The Bertz CT molecular complexity index is 137. The largest absolute Gasteiger partial charge is 0.414 e. The Balaban J connectivity index is 3.27. The van der Waals surface area contributed by atoms with Gasteiger partial charge in [-0.25, -0.2) is 0 Å². The van der Waals surface area contributed by atoms with Gasteiger partial charge < -0.3 is 4.43 Å². The lowest BCUT2D eigenvalue weighted by molar-refractivity contribution is 0.185. The van der Waals surface area contributed by atoms with Crippen LogP contribution in [0.3, 0.4) is 0 Å². The molecule has 0 rings (SSSR count). The van der Waals surface area contributed by atoms with E-state index in [4.69, 9.17) is 4.43 Å². The van der Waals surface area contributed by atoms with Gasteiger partial charge in [-0.3, -0.25) is 0 Å². The summed E-state index contributed by atoms with van der Waals surface area (Å²) in [6.45, 7) is 8.99. The Morgan fingerprint density at radius 2 is 1.44 bits per heavy atom. The van der Waals surface area contributed by atoms with E-state index in [0.717, 1.165) is 0 Å². The summed E-state index contributed by atoms with van der Waals surface area (Å²) in [7, 11) is -0.499. The van der Waals surface area contributed by atoms with Gasteiger partial charge in [-0.05, 0) is 25.9 Å². The maximum atomic E-state index is 5.95. The van der Waals surface area contributed by atoms with E-state index < -0.39 is 9.04 Å². The van der Waals surface area contributed by atoms with Crippen molar-refractivity contribution in [1.29, 1.82) is 0 Å². The molecule has 97 valence electrons. The Morgan fingerprint density at radius 3 is 1.94 bits per heavy atom. The Hall–Kier alpha value is 0.177. The highest BCUT2D eigenvalue weighted by Crippen LogP contribution is 2.13. The standard InChI is InChI=1S/C14H31OSi/c1-5-7-8-9-10-11-12-13-14(6-2)15-16(3)4/h14H,5-13H2,1-4H3. The first-order chi connectivity index (χ1) is 7.70. The third-order valence-corrected chi connectivity index (χ3v) is 3.79. The number of rotatable bonds is 11. The van der Waals surface area contributed by atoms with Gasteiger partial charge in [0.15, 0.2) is 0 Å². The molecule has 0 aliphatic carbocycles. The van der Waals surface area contributed by atoms with Crippen molar-refractivity contribution >= 4 is 9.04 Å². The van der Waals surface area contributed by atoms with E-state index in [1.54, 1.807) is 0 Å². The van der Waals surface area contributed by atoms with Crippen LogP contribution in [0.2, 0.25) is 13.1 Å². The fraction of sp³-hybridized carbons (Fsp3) is 1.00. The molecule has 0 fully saturated rings. The molecule has 0 aliphatic heterocycles. The molecular formula is C14H31OSi. The summed E-state index contributed by atoms with van der Waals surface area (Å²) in [5, 5.41) is 0. The first kappa shape index (κ1) is 16.2. The SMILES string of the molecule is CCCCCCCCCC(CC)O[Si](C)C. The fourth-order valence-electron chi connectivity index (χ4n) is 2.01. The molecule has 0 heterocycles. The molecule has 0 aliphatic rings. The van der Waals surface area contributed by atoms with Crippen molar-refractivity contribution in [3.8, 4) is 0 Å². The van der Waals surface area contributed by atoms with Crippen LogP contribution in [-0.4, -0.2) is 15.1 Å². The van der Waals surface area contributed by atoms with E-state index >= 15 is 0 Å². The van der Waals surface area contributed by atoms with Crippen LogP contribution in [0.15, 0.2) is 0 Å². The topological polar surface area (TPSA) is 9.23 Å². The van der Waals surface area contributed by atoms with Crippen molar-refractivity contribution < 1.29 is 4.43 Å². The van der Waals surface area contributed by atoms with Crippen LogP contribution < -0.4 is 0 Å². The maximum Gasteiger partial charge on any atom is 0.205 e. The van der Waals surface area contributed by atoms with Gasteiger partial charge in [0, 0.05) is 6.10 Å². The van der Waals surface area contributed by atoms with Crippen molar-refractivity contribution in [2.45, 2.75) is 90.8 Å².